The molecule has 10 heteroatoms. The lowest BCUT2D eigenvalue weighted by atomic mass is 10.0. The van der Waals surface area contributed by atoms with Gasteiger partial charge in [0.25, 0.3) is 0 Å². The molecule has 2 heterocycles. The van der Waals surface area contributed by atoms with Gasteiger partial charge in [0.05, 0.1) is 26.4 Å². The van der Waals surface area contributed by atoms with Crippen molar-refractivity contribution < 1.29 is 29.0 Å². The van der Waals surface area contributed by atoms with E-state index in [4.69, 9.17) is 9.47 Å². The molecule has 2 atom stereocenters. The summed E-state index contributed by atoms with van der Waals surface area (Å²) in [5.41, 5.74) is 6.43. The van der Waals surface area contributed by atoms with Gasteiger partial charge in [-0.3, -0.25) is 14.4 Å². The molecule has 6 rings (SSSR count). The summed E-state index contributed by atoms with van der Waals surface area (Å²) in [5.74, 6) is -0.169. The van der Waals surface area contributed by atoms with Gasteiger partial charge in [-0.15, -0.1) is 0 Å². The van der Waals surface area contributed by atoms with Crippen LogP contribution >= 0.6 is 0 Å². The molecule has 10 nitrogen and oxygen atoms in total. The number of hydrogen-bond acceptors (Lipinski definition) is 6. The molecule has 0 spiro atoms. The molecule has 1 aromatic heterocycles. The Hall–Kier alpha value is -4.83. The molecule has 0 saturated heterocycles. The normalized spacial score (nSPS) is 18.9. The van der Waals surface area contributed by atoms with Crippen LogP contribution in [0.2, 0.25) is 0 Å². The lowest BCUT2D eigenvalue weighted by Gasteiger charge is -2.27. The number of rotatable bonds is 3. The summed E-state index contributed by atoms with van der Waals surface area (Å²) in [4.78, 5) is 45.6. The third-order valence-electron chi connectivity index (χ3n) is 9.14. The number of aliphatic hydroxyl groups excluding tert-OH is 1. The second kappa shape index (κ2) is 14.3. The number of carbonyl (C=O) groups is 3. The van der Waals surface area contributed by atoms with Crippen LogP contribution in [0, 0.1) is 5.92 Å². The average molecular weight is 639 g/mol. The van der Waals surface area contributed by atoms with Gasteiger partial charge in [-0.25, -0.2) is 0 Å². The molecule has 1 aliphatic heterocycles. The number of methoxy groups -OCH3 is 1. The number of H-pyrrole nitrogens is 1. The Kier molecular flexibility index (Phi) is 9.77. The Balaban J connectivity index is 1.27. The van der Waals surface area contributed by atoms with Crippen molar-refractivity contribution in [3.8, 4) is 11.5 Å². The first-order valence-electron chi connectivity index (χ1n) is 16.3. The zero-order valence-corrected chi connectivity index (χ0v) is 26.9. The van der Waals surface area contributed by atoms with Crippen molar-refractivity contribution in [2.45, 2.75) is 51.2 Å². The number of para-hydroxylation sites is 1. The van der Waals surface area contributed by atoms with Gasteiger partial charge in [0.2, 0.25) is 17.7 Å². The Bertz CT molecular complexity index is 1740. The van der Waals surface area contributed by atoms with Crippen molar-refractivity contribution >= 4 is 28.6 Å². The van der Waals surface area contributed by atoms with Crippen LogP contribution in [0.4, 0.5) is 0 Å². The van der Waals surface area contributed by atoms with E-state index in [1.807, 2.05) is 60.7 Å². The van der Waals surface area contributed by atoms with Crippen LogP contribution in [0.1, 0.15) is 41.3 Å². The molecule has 2 aliphatic rings. The summed E-state index contributed by atoms with van der Waals surface area (Å²) in [6.45, 7) is 2.11. The van der Waals surface area contributed by atoms with E-state index >= 15 is 0 Å². The van der Waals surface area contributed by atoms with Gasteiger partial charge in [-0.05, 0) is 73.1 Å². The second-order valence-corrected chi connectivity index (χ2v) is 12.5. The smallest absolute Gasteiger partial charge is 0.245 e. The van der Waals surface area contributed by atoms with Gasteiger partial charge in [-0.2, -0.15) is 0 Å². The maximum Gasteiger partial charge on any atom is 0.245 e. The summed E-state index contributed by atoms with van der Waals surface area (Å²) in [5, 5.41) is 17.2. The molecule has 4 N–H and O–H groups in total. The molecule has 246 valence electrons. The number of nitrogens with zero attached hydrogens (tertiary/aromatic N) is 1. The highest BCUT2D eigenvalue weighted by molar-refractivity contribution is 5.91. The number of hydrogen-bond donors (Lipinski definition) is 4. The van der Waals surface area contributed by atoms with Gasteiger partial charge < -0.3 is 35.1 Å². The molecule has 0 fully saturated rings. The fraction of sp³-hybridized carbons (Fsp3) is 0.378. The molecule has 1 aliphatic carbocycles. The topological polar surface area (TPSA) is 133 Å². The standard InChI is InChI=1S/C37H42N4O6/c1-23(42)35-36(44)38-15-14-29-28-10-5-6-11-30(28)39-31(29)18-24-12-13-32(46-2)33(19-24)47-17-7-16-41(22-34(43)40-35)37(45)27-20-25-8-3-4-9-26(25)21-27/h3-6,8-13,19,23,27,35,39,42H,7,14-18,20-22H2,1-2H3,(H,38,44)(H,40,43)/t23-,35+/m1/s1. The second-order valence-electron chi connectivity index (χ2n) is 12.5. The highest BCUT2D eigenvalue weighted by Gasteiger charge is 2.33. The minimum Gasteiger partial charge on any atom is -0.493 e. The van der Waals surface area contributed by atoms with Crippen molar-refractivity contribution in [2.75, 3.05) is 33.4 Å². The number of amides is 3. The van der Waals surface area contributed by atoms with E-state index in [9.17, 15) is 19.5 Å². The van der Waals surface area contributed by atoms with Crippen LogP contribution in [0.25, 0.3) is 10.9 Å². The summed E-state index contributed by atoms with van der Waals surface area (Å²) >= 11 is 0. The van der Waals surface area contributed by atoms with Gasteiger partial charge in [0, 0.05) is 42.0 Å². The predicted octanol–water partition coefficient (Wildman–Crippen LogP) is 3.32. The van der Waals surface area contributed by atoms with E-state index in [1.165, 1.54) is 6.92 Å². The van der Waals surface area contributed by atoms with Crippen LogP contribution in [0.15, 0.2) is 66.7 Å². The monoisotopic (exact) mass is 638 g/mol. The molecule has 47 heavy (non-hydrogen) atoms. The van der Waals surface area contributed by atoms with Crippen LogP contribution in [0.5, 0.6) is 11.5 Å². The zero-order valence-electron chi connectivity index (χ0n) is 26.9. The van der Waals surface area contributed by atoms with Crippen molar-refractivity contribution in [1.29, 1.82) is 0 Å². The molecule has 0 radical (unpaired) electrons. The number of ether oxygens (including phenoxy) is 2. The number of aliphatic hydroxyl groups is 1. The Morgan fingerprint density at radius 1 is 1.04 bits per heavy atom. The quantitative estimate of drug-likeness (QED) is 0.272. The number of benzene rings is 3. The summed E-state index contributed by atoms with van der Waals surface area (Å²) in [6, 6.07) is 20.8. The van der Waals surface area contributed by atoms with Crippen molar-refractivity contribution in [3.63, 3.8) is 0 Å². The van der Waals surface area contributed by atoms with Gasteiger partial charge in [-0.1, -0.05) is 48.5 Å². The third kappa shape index (κ3) is 7.28. The predicted molar refractivity (Wildman–Crippen MR) is 178 cm³/mol. The first-order valence-corrected chi connectivity index (χ1v) is 16.3. The molecule has 2 bridgehead atoms. The molecule has 3 aromatic carbocycles. The lowest BCUT2D eigenvalue weighted by Crippen LogP contribution is -2.55. The zero-order chi connectivity index (χ0) is 32.9. The van der Waals surface area contributed by atoms with E-state index in [0.717, 1.165) is 38.9 Å². The summed E-state index contributed by atoms with van der Waals surface area (Å²) in [6.07, 6.45) is 1.71. The molecule has 4 aromatic rings. The van der Waals surface area contributed by atoms with E-state index < -0.39 is 24.0 Å². The van der Waals surface area contributed by atoms with Crippen molar-refractivity contribution in [2.24, 2.45) is 5.92 Å². The average Bonchev–Trinajstić information content (AvgIpc) is 3.65. The highest BCUT2D eigenvalue weighted by atomic mass is 16.5. The van der Waals surface area contributed by atoms with Crippen LogP contribution in [-0.2, 0) is 40.1 Å². The van der Waals surface area contributed by atoms with Gasteiger partial charge >= 0.3 is 0 Å². The first kappa shape index (κ1) is 32.1. The molecule has 0 unspecified atom stereocenters. The molecule has 0 saturated carbocycles. The van der Waals surface area contributed by atoms with Crippen LogP contribution in [0.3, 0.4) is 0 Å². The number of aromatic amines is 1. The molecular formula is C37H42N4O6. The Morgan fingerprint density at radius 2 is 1.79 bits per heavy atom. The Labute approximate surface area is 274 Å². The lowest BCUT2D eigenvalue weighted by molar-refractivity contribution is -0.140. The van der Waals surface area contributed by atoms with E-state index in [-0.39, 0.29) is 24.9 Å². The van der Waals surface area contributed by atoms with E-state index in [1.54, 1.807) is 12.0 Å². The molecule has 3 amide bonds. The Morgan fingerprint density at radius 3 is 2.53 bits per heavy atom. The van der Waals surface area contributed by atoms with Crippen LogP contribution < -0.4 is 20.1 Å². The summed E-state index contributed by atoms with van der Waals surface area (Å²) in [7, 11) is 1.60. The summed E-state index contributed by atoms with van der Waals surface area (Å²) < 4.78 is 11.8. The number of carbonyl (C=O) groups excluding carboxylic acids is 3. The fourth-order valence-corrected chi connectivity index (χ4v) is 6.75. The number of nitrogens with one attached hydrogen (secondary N) is 3. The number of fused-ring (bicyclic) bond motifs is 6. The van der Waals surface area contributed by atoms with Crippen molar-refractivity contribution in [1.82, 2.24) is 20.5 Å². The first-order chi connectivity index (χ1) is 22.8. The maximum absolute atomic E-state index is 13.8. The van der Waals surface area contributed by atoms with E-state index in [0.29, 0.717) is 56.8 Å². The number of aromatic nitrogens is 1. The molecular weight excluding hydrogens is 596 g/mol. The largest absolute Gasteiger partial charge is 0.493 e. The van der Waals surface area contributed by atoms with Gasteiger partial charge in [0.15, 0.2) is 11.5 Å². The van der Waals surface area contributed by atoms with Crippen LogP contribution in [-0.4, -0.2) is 78.2 Å². The fourth-order valence-electron chi connectivity index (χ4n) is 6.75. The third-order valence-corrected chi connectivity index (χ3v) is 9.14. The minimum atomic E-state index is -1.17. The van der Waals surface area contributed by atoms with Crippen molar-refractivity contribution in [3.05, 3.63) is 94.7 Å². The van der Waals surface area contributed by atoms with E-state index in [2.05, 4.69) is 21.7 Å². The SMILES string of the molecule is COc1ccc2cc1OCCCN(C(=O)C1Cc3ccccc3C1)CC(=O)N[C@@H]([C@@H](C)O)C(=O)NCCc1c([nH]c3ccccc13)C2. The minimum absolute atomic E-state index is 0.117. The highest BCUT2D eigenvalue weighted by Crippen LogP contribution is 2.32. The van der Waals surface area contributed by atoms with Gasteiger partial charge in [0.1, 0.15) is 6.04 Å². The maximum atomic E-state index is 13.8.